The van der Waals surface area contributed by atoms with Gasteiger partial charge in [0.25, 0.3) is 5.91 Å². The van der Waals surface area contributed by atoms with Crippen LogP contribution in [-0.4, -0.2) is 48.7 Å². The molecule has 3 N–H and O–H groups in total. The van der Waals surface area contributed by atoms with Crippen molar-refractivity contribution in [2.45, 2.75) is 25.3 Å². The van der Waals surface area contributed by atoms with Gasteiger partial charge >= 0.3 is 0 Å². The highest BCUT2D eigenvalue weighted by Crippen LogP contribution is 2.25. The Labute approximate surface area is 195 Å². The van der Waals surface area contributed by atoms with E-state index in [1.807, 2.05) is 12.3 Å². The molecule has 33 heavy (non-hydrogen) atoms. The smallest absolute Gasteiger partial charge is 0.272 e. The molecular formula is C22H24ClFN8O. The average molecular weight is 471 g/mol. The molecule has 11 heteroatoms. The second-order valence-electron chi connectivity index (χ2n) is 8.00. The monoisotopic (exact) mass is 470 g/mol. The first-order chi connectivity index (χ1) is 15.6. The van der Waals surface area contributed by atoms with E-state index in [9.17, 15) is 9.18 Å². The first-order valence-electron chi connectivity index (χ1n) is 10.5. The number of rotatable bonds is 5. The van der Waals surface area contributed by atoms with Gasteiger partial charge in [-0.2, -0.15) is 5.10 Å². The number of piperidine rings is 1. The summed E-state index contributed by atoms with van der Waals surface area (Å²) >= 11 is 0. The molecule has 1 aliphatic heterocycles. The molecule has 4 heterocycles. The zero-order chi connectivity index (χ0) is 22.1. The van der Waals surface area contributed by atoms with Crippen LogP contribution in [0.4, 0.5) is 4.39 Å². The van der Waals surface area contributed by atoms with Crippen molar-refractivity contribution in [3.05, 3.63) is 59.8 Å². The minimum absolute atomic E-state index is 0. The zero-order valence-electron chi connectivity index (χ0n) is 18.0. The van der Waals surface area contributed by atoms with Gasteiger partial charge in [0.05, 0.1) is 6.20 Å². The maximum Gasteiger partial charge on any atom is 0.272 e. The minimum Gasteiger partial charge on any atom is -0.347 e. The van der Waals surface area contributed by atoms with Gasteiger partial charge in [-0.25, -0.2) is 19.3 Å². The lowest BCUT2D eigenvalue weighted by Crippen LogP contribution is -2.27. The Morgan fingerprint density at radius 3 is 2.79 bits per heavy atom. The molecule has 172 valence electrons. The Morgan fingerprint density at radius 2 is 2.03 bits per heavy atom. The molecule has 0 radical (unpaired) electrons. The molecule has 0 unspecified atom stereocenters. The number of carbonyl (C=O) groups excluding carboxylic acids is 1. The van der Waals surface area contributed by atoms with Crippen molar-refractivity contribution in [2.75, 3.05) is 13.1 Å². The molecule has 4 aromatic rings. The van der Waals surface area contributed by atoms with E-state index in [0.717, 1.165) is 37.3 Å². The molecule has 0 saturated carbocycles. The Balaban J connectivity index is 0.00000259. The van der Waals surface area contributed by atoms with Gasteiger partial charge in [0.1, 0.15) is 23.5 Å². The van der Waals surface area contributed by atoms with Crippen molar-refractivity contribution >= 4 is 29.5 Å². The van der Waals surface area contributed by atoms with Crippen LogP contribution < -0.4 is 10.6 Å². The number of benzene rings is 1. The van der Waals surface area contributed by atoms with Gasteiger partial charge in [-0.1, -0.05) is 0 Å². The lowest BCUT2D eigenvalue weighted by molar-refractivity contribution is 0.0947. The minimum atomic E-state index is -0.375. The molecule has 9 nitrogen and oxygen atoms in total. The maximum absolute atomic E-state index is 14.2. The largest absolute Gasteiger partial charge is 0.347 e. The van der Waals surface area contributed by atoms with Crippen molar-refractivity contribution < 1.29 is 9.18 Å². The lowest BCUT2D eigenvalue weighted by atomic mass is 9.98. The summed E-state index contributed by atoms with van der Waals surface area (Å²) in [4.78, 5) is 29.1. The number of imidazole rings is 1. The van der Waals surface area contributed by atoms with Crippen molar-refractivity contribution in [3.8, 4) is 11.1 Å². The first kappa shape index (κ1) is 22.8. The predicted octanol–water partition coefficient (Wildman–Crippen LogP) is 2.71. The second-order valence-corrected chi connectivity index (χ2v) is 8.00. The topological polar surface area (TPSA) is 113 Å². The molecule has 0 atom stereocenters. The SMILES string of the molecule is Cl.Cn1cc(-c2cc(F)cc(CNC(=O)c3ncnc4nc(C5CCNCC5)[nH]c34)c2)cn1. The van der Waals surface area contributed by atoms with Crippen LogP contribution in [0.25, 0.3) is 22.3 Å². The van der Waals surface area contributed by atoms with Crippen LogP contribution in [-0.2, 0) is 13.6 Å². The summed E-state index contributed by atoms with van der Waals surface area (Å²) in [6.45, 7) is 2.04. The summed E-state index contributed by atoms with van der Waals surface area (Å²) in [5.74, 6) is 0.396. The van der Waals surface area contributed by atoms with Crippen LogP contribution in [0.5, 0.6) is 0 Å². The predicted molar refractivity (Wildman–Crippen MR) is 124 cm³/mol. The molecule has 1 fully saturated rings. The Bertz CT molecular complexity index is 1280. The Hall–Kier alpha value is -3.37. The van der Waals surface area contributed by atoms with Crippen LogP contribution >= 0.6 is 12.4 Å². The standard InChI is InChI=1S/C22H23FN8O.ClH/c1-31-11-16(10-28-31)15-6-13(7-17(23)8-15)9-25-22(32)19-18-21(27-12-26-19)30-20(29-18)14-2-4-24-5-3-14;/h6-8,10-12,14,24H,2-5,9H2,1H3,(H,25,32)(H,26,27,29,30);1H. The third kappa shape index (κ3) is 4.86. The number of hydrogen-bond donors (Lipinski definition) is 3. The Morgan fingerprint density at radius 1 is 1.21 bits per heavy atom. The van der Waals surface area contributed by atoms with Gasteiger partial charge in [-0.05, 0) is 55.3 Å². The highest BCUT2D eigenvalue weighted by atomic mass is 35.5. The molecule has 5 rings (SSSR count). The van der Waals surface area contributed by atoms with E-state index in [2.05, 4.69) is 35.7 Å². The van der Waals surface area contributed by atoms with E-state index in [1.54, 1.807) is 17.9 Å². The normalized spacial score (nSPS) is 14.2. The van der Waals surface area contributed by atoms with Crippen LogP contribution in [0.1, 0.15) is 40.6 Å². The number of amides is 1. The number of H-pyrrole nitrogens is 1. The number of fused-ring (bicyclic) bond motifs is 1. The highest BCUT2D eigenvalue weighted by Gasteiger charge is 2.22. The van der Waals surface area contributed by atoms with E-state index in [0.29, 0.717) is 28.2 Å². The lowest BCUT2D eigenvalue weighted by Gasteiger charge is -2.20. The van der Waals surface area contributed by atoms with E-state index in [1.165, 1.54) is 18.5 Å². The third-order valence-corrected chi connectivity index (χ3v) is 5.70. The zero-order valence-corrected chi connectivity index (χ0v) is 18.8. The number of halogens is 2. The number of nitrogens with zero attached hydrogens (tertiary/aromatic N) is 5. The summed E-state index contributed by atoms with van der Waals surface area (Å²) in [6.07, 6.45) is 6.79. The average Bonchev–Trinajstić information content (AvgIpc) is 3.44. The number of nitrogens with one attached hydrogen (secondary N) is 3. The highest BCUT2D eigenvalue weighted by molar-refractivity contribution is 6.02. The summed E-state index contributed by atoms with van der Waals surface area (Å²) in [7, 11) is 1.80. The van der Waals surface area contributed by atoms with Gasteiger partial charge in [-0.15, -0.1) is 12.4 Å². The summed E-state index contributed by atoms with van der Waals surface area (Å²) in [6, 6.07) is 4.69. The summed E-state index contributed by atoms with van der Waals surface area (Å²) < 4.78 is 15.8. The van der Waals surface area contributed by atoms with Gasteiger partial charge < -0.3 is 15.6 Å². The quantitative estimate of drug-likeness (QED) is 0.413. The van der Waals surface area contributed by atoms with E-state index < -0.39 is 0 Å². The molecule has 1 aliphatic rings. The number of carbonyl (C=O) groups is 1. The van der Waals surface area contributed by atoms with Gasteiger partial charge in [0, 0.05) is 31.3 Å². The Kier molecular flexibility index (Phi) is 6.66. The van der Waals surface area contributed by atoms with Crippen molar-refractivity contribution in [3.63, 3.8) is 0 Å². The summed E-state index contributed by atoms with van der Waals surface area (Å²) in [5, 5.41) is 10.3. The van der Waals surface area contributed by atoms with Crippen molar-refractivity contribution in [1.29, 1.82) is 0 Å². The van der Waals surface area contributed by atoms with Crippen molar-refractivity contribution in [1.82, 2.24) is 40.3 Å². The van der Waals surface area contributed by atoms with Crippen molar-refractivity contribution in [2.24, 2.45) is 7.05 Å². The molecular weight excluding hydrogens is 447 g/mol. The molecule has 1 amide bonds. The van der Waals surface area contributed by atoms with Gasteiger partial charge in [0.15, 0.2) is 11.3 Å². The van der Waals surface area contributed by atoms with Crippen LogP contribution in [0.3, 0.4) is 0 Å². The number of aromatic nitrogens is 6. The number of hydrogen-bond acceptors (Lipinski definition) is 6. The fourth-order valence-corrected chi connectivity index (χ4v) is 4.06. The van der Waals surface area contributed by atoms with E-state index in [4.69, 9.17) is 0 Å². The maximum atomic E-state index is 14.2. The van der Waals surface area contributed by atoms with Crippen LogP contribution in [0.2, 0.25) is 0 Å². The van der Waals surface area contributed by atoms with Gasteiger partial charge in [0.2, 0.25) is 0 Å². The fourth-order valence-electron chi connectivity index (χ4n) is 4.06. The number of aryl methyl sites for hydroxylation is 1. The van der Waals surface area contributed by atoms with E-state index in [-0.39, 0.29) is 36.4 Å². The molecule has 1 aromatic carbocycles. The fraction of sp³-hybridized carbons (Fsp3) is 0.318. The molecule has 1 saturated heterocycles. The summed E-state index contributed by atoms with van der Waals surface area (Å²) in [5.41, 5.74) is 3.37. The third-order valence-electron chi connectivity index (χ3n) is 5.70. The number of aromatic amines is 1. The second kappa shape index (κ2) is 9.63. The first-order valence-corrected chi connectivity index (χ1v) is 10.5. The molecule has 0 bridgehead atoms. The van der Waals surface area contributed by atoms with Crippen LogP contribution in [0, 0.1) is 5.82 Å². The molecule has 0 aliphatic carbocycles. The molecule has 3 aromatic heterocycles. The molecule has 0 spiro atoms. The van der Waals surface area contributed by atoms with Gasteiger partial charge in [-0.3, -0.25) is 9.48 Å². The van der Waals surface area contributed by atoms with Crippen LogP contribution in [0.15, 0.2) is 36.9 Å². The van der Waals surface area contributed by atoms with E-state index >= 15 is 0 Å².